The van der Waals surface area contributed by atoms with E-state index < -0.39 is 0 Å². The molecule has 0 saturated heterocycles. The minimum Gasteiger partial charge on any atom is -0.341 e. The molecule has 4 nitrogen and oxygen atoms in total. The van der Waals surface area contributed by atoms with Crippen LogP contribution in [0.1, 0.15) is 58.4 Å². The molecule has 0 bridgehead atoms. The van der Waals surface area contributed by atoms with Gasteiger partial charge in [0.1, 0.15) is 0 Å². The summed E-state index contributed by atoms with van der Waals surface area (Å²) < 4.78 is 4.87. The van der Waals surface area contributed by atoms with Crippen LogP contribution in [0, 0.1) is 12.1 Å². The van der Waals surface area contributed by atoms with Gasteiger partial charge in [-0.15, -0.1) is 70.8 Å². The summed E-state index contributed by atoms with van der Waals surface area (Å²) in [4.78, 5) is 8.93. The molecule has 10 aromatic carbocycles. The molecular weight excluding hydrogens is 1220 g/mol. The Morgan fingerprint density at radius 2 is 0.837 bits per heavy atom. The third-order valence-corrected chi connectivity index (χ3v) is 18.4. The minimum atomic E-state index is -0.190. The summed E-state index contributed by atoms with van der Waals surface area (Å²) in [5.74, 6) is 0. The molecular formula is C81H64IrN4-2. The van der Waals surface area contributed by atoms with E-state index in [1.807, 2.05) is 54.7 Å². The van der Waals surface area contributed by atoms with Gasteiger partial charge in [-0.1, -0.05) is 146 Å². The largest absolute Gasteiger partial charge is 0.341 e. The first kappa shape index (κ1) is 54.7. The molecule has 5 heteroatoms. The Labute approximate surface area is 517 Å². The molecule has 0 aliphatic heterocycles. The van der Waals surface area contributed by atoms with Crippen molar-refractivity contribution >= 4 is 43.6 Å². The van der Waals surface area contributed by atoms with Crippen LogP contribution in [-0.4, -0.2) is 19.1 Å². The summed E-state index contributed by atoms with van der Waals surface area (Å²) in [5, 5.41) is 5.41. The van der Waals surface area contributed by atoms with Gasteiger partial charge in [-0.3, -0.25) is 0 Å². The monoisotopic (exact) mass is 1290 g/mol. The predicted molar refractivity (Wildman–Crippen MR) is 353 cm³/mol. The first-order chi connectivity index (χ1) is 42.0. The molecule has 0 atom stereocenters. The normalized spacial score (nSPS) is 12.7. The van der Waals surface area contributed by atoms with E-state index in [1.54, 1.807) is 6.20 Å². The zero-order valence-electron chi connectivity index (χ0n) is 48.5. The van der Waals surface area contributed by atoms with E-state index in [1.165, 1.54) is 122 Å². The second kappa shape index (κ2) is 23.3. The number of rotatable bonds is 12. The summed E-state index contributed by atoms with van der Waals surface area (Å²) in [6, 6.07) is 96.3. The van der Waals surface area contributed by atoms with Crippen molar-refractivity contribution in [3.63, 3.8) is 0 Å². The SMILES string of the molecule is CCn1c2ccccc2c2cc(CCc3ccc(-c4ccc5c(c4)C4(Cc6c[c-]c(-c7ccccn7)cc6C4)c4cc(-c6ccc(CCc7ccc8c(c7)c7ccccc7n8CC)cc6)ccc4-5)cc3)ccc21.[Ir].[c-]1ccccc1-c1ccccn1. The zero-order valence-corrected chi connectivity index (χ0v) is 50.9. The predicted octanol–water partition coefficient (Wildman–Crippen LogP) is 19.3. The molecule has 4 aromatic heterocycles. The van der Waals surface area contributed by atoms with Crippen LogP contribution in [0.25, 0.3) is 99.5 Å². The zero-order chi connectivity index (χ0) is 56.8. The molecule has 2 aliphatic rings. The first-order valence-electron chi connectivity index (χ1n) is 30.3. The van der Waals surface area contributed by atoms with Gasteiger partial charge in [-0.25, -0.2) is 0 Å². The second-order valence-corrected chi connectivity index (χ2v) is 23.2. The van der Waals surface area contributed by atoms with Gasteiger partial charge in [0.05, 0.1) is 0 Å². The molecule has 0 N–H and O–H groups in total. The molecule has 86 heavy (non-hydrogen) atoms. The van der Waals surface area contributed by atoms with Crippen LogP contribution in [0.15, 0.2) is 255 Å². The molecule has 4 heterocycles. The van der Waals surface area contributed by atoms with Crippen LogP contribution in [-0.2, 0) is 77.1 Å². The van der Waals surface area contributed by atoms with Gasteiger partial charge < -0.3 is 19.1 Å². The summed E-state index contributed by atoms with van der Waals surface area (Å²) in [7, 11) is 0. The standard InChI is InChI=1S/C70H56N3.C11H8N.Ir/c1-3-72-66-14-7-5-11-59(66)61-39-48(24-36-68(61)72)18-16-46-20-26-50(27-21-46)52-32-34-57-58-35-33-53(43-64(58)70(63(57)42-52)44-55-31-30-54(41-56(55)45-70)65-13-9-10-38-71-65)51-28-22-47(23-29-51)17-19-49-25-37-69-62(40-49)60-12-6-8-15-67(60)73(69)4-2;1-2-6-10(7-3-1)11-8-4-5-9-12-11;/h5-15,20-29,31-43H,3-4,16-19,44-45H2,1-2H3;1-6,8-9H;/q2*-1;. The van der Waals surface area contributed by atoms with Gasteiger partial charge >= 0.3 is 0 Å². The van der Waals surface area contributed by atoms with Crippen molar-refractivity contribution in [3.8, 4) is 55.9 Å². The van der Waals surface area contributed by atoms with Gasteiger partial charge in [0, 0.05) is 94.6 Å². The van der Waals surface area contributed by atoms with Gasteiger partial charge in [-0.2, -0.15) is 0 Å². The number of para-hydroxylation sites is 2. The number of hydrogen-bond acceptors (Lipinski definition) is 2. The third kappa shape index (κ3) is 9.99. The van der Waals surface area contributed by atoms with Crippen molar-refractivity contribution < 1.29 is 20.1 Å². The number of benzene rings is 10. The topological polar surface area (TPSA) is 35.6 Å². The smallest absolute Gasteiger partial charge is 0.0491 e. The summed E-state index contributed by atoms with van der Waals surface area (Å²) >= 11 is 0. The quantitative estimate of drug-likeness (QED) is 0.114. The van der Waals surface area contributed by atoms with Crippen molar-refractivity contribution in [2.45, 2.75) is 70.9 Å². The minimum absolute atomic E-state index is 0. The molecule has 0 saturated carbocycles. The number of nitrogens with zero attached hydrogens (tertiary/aromatic N) is 4. The van der Waals surface area contributed by atoms with Crippen molar-refractivity contribution in [1.29, 1.82) is 0 Å². The Hall–Kier alpha value is -9.25. The summed E-state index contributed by atoms with van der Waals surface area (Å²) in [6.45, 7) is 6.41. The number of aromatic nitrogens is 4. The van der Waals surface area contributed by atoms with Gasteiger partial charge in [0.25, 0.3) is 0 Å². The fourth-order valence-electron chi connectivity index (χ4n) is 14.1. The van der Waals surface area contributed by atoms with Gasteiger partial charge in [-0.05, 0) is 191 Å². The Kier molecular flexibility index (Phi) is 14.8. The van der Waals surface area contributed by atoms with E-state index >= 15 is 0 Å². The fourth-order valence-corrected chi connectivity index (χ4v) is 14.1. The third-order valence-electron chi connectivity index (χ3n) is 18.4. The Morgan fingerprint density at radius 1 is 0.384 bits per heavy atom. The molecule has 1 radical (unpaired) electrons. The van der Waals surface area contributed by atoms with E-state index in [4.69, 9.17) is 4.98 Å². The van der Waals surface area contributed by atoms with Crippen molar-refractivity contribution in [1.82, 2.24) is 19.1 Å². The van der Waals surface area contributed by atoms with Gasteiger partial charge in [0.2, 0.25) is 0 Å². The van der Waals surface area contributed by atoms with Crippen LogP contribution in [0.5, 0.6) is 0 Å². The van der Waals surface area contributed by atoms with E-state index in [9.17, 15) is 0 Å². The maximum absolute atomic E-state index is 4.71. The van der Waals surface area contributed by atoms with Crippen LogP contribution in [0.3, 0.4) is 0 Å². The van der Waals surface area contributed by atoms with Crippen molar-refractivity contribution in [2.75, 3.05) is 0 Å². The Bertz CT molecular complexity index is 4510. The first-order valence-corrected chi connectivity index (χ1v) is 30.3. The molecule has 0 unspecified atom stereocenters. The molecule has 14 aromatic rings. The van der Waals surface area contributed by atoms with Crippen LogP contribution >= 0.6 is 0 Å². The van der Waals surface area contributed by atoms with Crippen molar-refractivity contribution in [3.05, 3.63) is 312 Å². The maximum atomic E-state index is 4.71. The summed E-state index contributed by atoms with van der Waals surface area (Å²) in [5.41, 5.74) is 28.1. The average molecular weight is 1290 g/mol. The molecule has 1 spiro atoms. The van der Waals surface area contributed by atoms with Crippen LogP contribution < -0.4 is 0 Å². The second-order valence-electron chi connectivity index (χ2n) is 23.2. The molecule has 2 aliphatic carbocycles. The molecule has 0 fully saturated rings. The average Bonchev–Trinajstić information content (AvgIpc) is 1.60. The number of aryl methyl sites for hydroxylation is 6. The molecule has 16 rings (SSSR count). The summed E-state index contributed by atoms with van der Waals surface area (Å²) in [6.07, 6.45) is 9.59. The number of pyridine rings is 2. The number of fused-ring (bicyclic) bond motifs is 12. The molecule has 0 amide bonds. The van der Waals surface area contributed by atoms with E-state index in [-0.39, 0.29) is 25.5 Å². The van der Waals surface area contributed by atoms with E-state index in [0.717, 1.165) is 74.1 Å². The van der Waals surface area contributed by atoms with Crippen LogP contribution in [0.4, 0.5) is 0 Å². The Balaban J connectivity index is 0.000000448. The van der Waals surface area contributed by atoms with Crippen LogP contribution in [0.2, 0.25) is 0 Å². The number of hydrogen-bond donors (Lipinski definition) is 0. The Morgan fingerprint density at radius 3 is 1.34 bits per heavy atom. The van der Waals surface area contributed by atoms with Crippen molar-refractivity contribution in [2.24, 2.45) is 0 Å². The molecule has 419 valence electrons. The van der Waals surface area contributed by atoms with E-state index in [0.29, 0.717) is 0 Å². The van der Waals surface area contributed by atoms with E-state index in [2.05, 4.69) is 234 Å². The fraction of sp³-hybridized carbons (Fsp3) is 0.136. The van der Waals surface area contributed by atoms with Gasteiger partial charge in [0.15, 0.2) is 0 Å². The maximum Gasteiger partial charge on any atom is 0.0491 e.